The van der Waals surface area contributed by atoms with Crippen LogP contribution in [-0.2, 0) is 9.84 Å². The molecule has 5 nitrogen and oxygen atoms in total. The van der Waals surface area contributed by atoms with E-state index in [4.69, 9.17) is 11.6 Å². The van der Waals surface area contributed by atoms with Crippen molar-refractivity contribution in [2.45, 2.75) is 30.2 Å². The summed E-state index contributed by atoms with van der Waals surface area (Å²) in [4.78, 5) is 6.98. The highest BCUT2D eigenvalue weighted by Gasteiger charge is 2.27. The van der Waals surface area contributed by atoms with E-state index in [9.17, 15) is 13.5 Å². The van der Waals surface area contributed by atoms with Crippen molar-refractivity contribution >= 4 is 27.3 Å². The second-order valence-corrected chi connectivity index (χ2v) is 8.78. The molecule has 0 saturated carbocycles. The third-order valence-electron chi connectivity index (χ3n) is 4.52. The van der Waals surface area contributed by atoms with E-state index < -0.39 is 9.84 Å². The van der Waals surface area contributed by atoms with Crippen LogP contribution in [0.2, 0.25) is 5.02 Å². The lowest BCUT2D eigenvalue weighted by molar-refractivity contribution is 0.275. The molecular formula is C18H21ClN2O3S. The molecule has 134 valence electrons. The lowest BCUT2D eigenvalue weighted by Crippen LogP contribution is -2.31. The van der Waals surface area contributed by atoms with Crippen LogP contribution in [0.25, 0.3) is 11.1 Å². The summed E-state index contributed by atoms with van der Waals surface area (Å²) >= 11 is 6.16. The Balaban J connectivity index is 2.09. The number of aliphatic hydroxyl groups excluding tert-OH is 1. The molecule has 1 aliphatic rings. The van der Waals surface area contributed by atoms with Crippen LogP contribution in [0.4, 0.5) is 5.82 Å². The van der Waals surface area contributed by atoms with Crippen LogP contribution in [0.3, 0.4) is 0 Å². The van der Waals surface area contributed by atoms with Crippen LogP contribution in [-0.4, -0.2) is 44.0 Å². The molecule has 1 aromatic carbocycles. The van der Waals surface area contributed by atoms with Crippen LogP contribution in [0.5, 0.6) is 0 Å². The monoisotopic (exact) mass is 380 g/mol. The van der Waals surface area contributed by atoms with Crippen molar-refractivity contribution in [1.29, 1.82) is 0 Å². The third kappa shape index (κ3) is 3.97. The standard InChI is InChI=1S/C18H21ClN2O3S/c1-25(23,24)16-6-2-4-13(10-16)17-11-14(19)12-20-18(17)21-8-3-5-15(21)7-9-22/h2,4,6,10-12,15,22H,3,5,7-9H2,1H3. The van der Waals surface area contributed by atoms with Gasteiger partial charge < -0.3 is 10.0 Å². The van der Waals surface area contributed by atoms with Crippen molar-refractivity contribution in [3.8, 4) is 11.1 Å². The fourth-order valence-electron chi connectivity index (χ4n) is 3.33. The van der Waals surface area contributed by atoms with Gasteiger partial charge in [0.1, 0.15) is 5.82 Å². The van der Waals surface area contributed by atoms with Gasteiger partial charge in [0, 0.05) is 37.2 Å². The second kappa shape index (κ2) is 7.32. The molecular weight excluding hydrogens is 360 g/mol. The fraction of sp³-hybridized carbons (Fsp3) is 0.389. The largest absolute Gasteiger partial charge is 0.396 e. The van der Waals surface area contributed by atoms with Gasteiger partial charge >= 0.3 is 0 Å². The second-order valence-electron chi connectivity index (χ2n) is 6.33. The highest BCUT2D eigenvalue weighted by atomic mass is 35.5. The number of anilines is 1. The third-order valence-corrected chi connectivity index (χ3v) is 5.83. The molecule has 0 radical (unpaired) electrons. The topological polar surface area (TPSA) is 70.5 Å². The van der Waals surface area contributed by atoms with E-state index in [0.29, 0.717) is 11.4 Å². The molecule has 1 aromatic heterocycles. The van der Waals surface area contributed by atoms with Gasteiger partial charge in [0.25, 0.3) is 0 Å². The van der Waals surface area contributed by atoms with Crippen molar-refractivity contribution < 1.29 is 13.5 Å². The summed E-state index contributed by atoms with van der Waals surface area (Å²) in [5.74, 6) is 0.783. The zero-order valence-corrected chi connectivity index (χ0v) is 15.6. The van der Waals surface area contributed by atoms with E-state index in [1.54, 1.807) is 24.4 Å². The minimum absolute atomic E-state index is 0.133. The molecule has 7 heteroatoms. The van der Waals surface area contributed by atoms with Crippen molar-refractivity contribution in [3.63, 3.8) is 0 Å². The number of hydrogen-bond donors (Lipinski definition) is 1. The molecule has 0 spiro atoms. The predicted octanol–water partition coefficient (Wildman–Crippen LogP) is 3.16. The highest BCUT2D eigenvalue weighted by Crippen LogP contribution is 2.36. The summed E-state index contributed by atoms with van der Waals surface area (Å²) in [6.07, 6.45) is 5.54. The van der Waals surface area contributed by atoms with Crippen molar-refractivity contribution in [2.24, 2.45) is 0 Å². The van der Waals surface area contributed by atoms with Crippen LogP contribution in [0.15, 0.2) is 41.4 Å². The van der Waals surface area contributed by atoms with Crippen molar-refractivity contribution in [1.82, 2.24) is 4.98 Å². The highest BCUT2D eigenvalue weighted by molar-refractivity contribution is 7.90. The maximum absolute atomic E-state index is 11.9. The maximum atomic E-state index is 11.9. The van der Waals surface area contributed by atoms with Gasteiger partial charge in [-0.05, 0) is 43.0 Å². The number of benzene rings is 1. The zero-order chi connectivity index (χ0) is 18.0. The minimum atomic E-state index is -3.29. The van der Waals surface area contributed by atoms with E-state index in [1.807, 2.05) is 12.1 Å². The smallest absolute Gasteiger partial charge is 0.175 e. The molecule has 1 atom stereocenters. The summed E-state index contributed by atoms with van der Waals surface area (Å²) in [5, 5.41) is 9.81. The number of hydrogen-bond acceptors (Lipinski definition) is 5. The van der Waals surface area contributed by atoms with Crippen LogP contribution in [0, 0.1) is 0 Å². The molecule has 1 aliphatic heterocycles. The molecule has 25 heavy (non-hydrogen) atoms. The first-order chi connectivity index (χ1) is 11.9. The Morgan fingerprint density at radius 3 is 2.88 bits per heavy atom. The van der Waals surface area contributed by atoms with E-state index in [2.05, 4.69) is 9.88 Å². The Morgan fingerprint density at radius 1 is 1.36 bits per heavy atom. The molecule has 1 unspecified atom stereocenters. The van der Waals surface area contributed by atoms with E-state index in [1.165, 1.54) is 6.26 Å². The Labute approximate surface area is 153 Å². The first-order valence-electron chi connectivity index (χ1n) is 8.23. The molecule has 3 rings (SSSR count). The molecule has 1 fully saturated rings. The predicted molar refractivity (Wildman–Crippen MR) is 99.9 cm³/mol. The van der Waals surface area contributed by atoms with Gasteiger partial charge in [-0.15, -0.1) is 0 Å². The summed E-state index contributed by atoms with van der Waals surface area (Å²) in [5.41, 5.74) is 1.57. The van der Waals surface area contributed by atoms with Crippen LogP contribution in [0.1, 0.15) is 19.3 Å². The Bertz CT molecular complexity index is 870. The van der Waals surface area contributed by atoms with Gasteiger partial charge in [0.05, 0.1) is 9.92 Å². The van der Waals surface area contributed by atoms with Gasteiger partial charge in [-0.25, -0.2) is 13.4 Å². The number of aromatic nitrogens is 1. The van der Waals surface area contributed by atoms with E-state index in [0.717, 1.165) is 36.3 Å². The molecule has 0 bridgehead atoms. The number of halogens is 1. The number of rotatable bonds is 5. The maximum Gasteiger partial charge on any atom is 0.175 e. The Morgan fingerprint density at radius 2 is 2.16 bits per heavy atom. The number of aliphatic hydroxyl groups is 1. The average Bonchev–Trinajstić information content (AvgIpc) is 3.03. The van der Waals surface area contributed by atoms with Gasteiger partial charge in [0.15, 0.2) is 9.84 Å². The molecule has 1 saturated heterocycles. The SMILES string of the molecule is CS(=O)(=O)c1cccc(-c2cc(Cl)cnc2N2CCCC2CCO)c1. The molecule has 0 aliphatic carbocycles. The molecule has 1 N–H and O–H groups in total. The number of sulfone groups is 1. The fourth-order valence-corrected chi connectivity index (χ4v) is 4.16. The summed E-state index contributed by atoms with van der Waals surface area (Å²) in [7, 11) is -3.29. The van der Waals surface area contributed by atoms with Gasteiger partial charge in [-0.1, -0.05) is 23.7 Å². The van der Waals surface area contributed by atoms with Crippen molar-refractivity contribution in [2.75, 3.05) is 24.3 Å². The van der Waals surface area contributed by atoms with E-state index >= 15 is 0 Å². The quantitative estimate of drug-likeness (QED) is 0.862. The normalized spacial score (nSPS) is 17.9. The van der Waals surface area contributed by atoms with Gasteiger partial charge in [-0.2, -0.15) is 0 Å². The first kappa shape index (κ1) is 18.2. The van der Waals surface area contributed by atoms with Crippen molar-refractivity contribution in [3.05, 3.63) is 41.6 Å². The number of pyridine rings is 1. The van der Waals surface area contributed by atoms with E-state index in [-0.39, 0.29) is 17.5 Å². The summed E-state index contributed by atoms with van der Waals surface area (Å²) in [6, 6.07) is 8.88. The Kier molecular flexibility index (Phi) is 5.32. The molecule has 2 aromatic rings. The summed E-state index contributed by atoms with van der Waals surface area (Å²) < 4.78 is 23.8. The lowest BCUT2D eigenvalue weighted by Gasteiger charge is -2.27. The van der Waals surface area contributed by atoms with Gasteiger partial charge in [-0.3, -0.25) is 0 Å². The number of nitrogens with zero attached hydrogens (tertiary/aromatic N) is 2. The summed E-state index contributed by atoms with van der Waals surface area (Å²) in [6.45, 7) is 0.992. The molecule has 2 heterocycles. The first-order valence-corrected chi connectivity index (χ1v) is 10.5. The van der Waals surface area contributed by atoms with Gasteiger partial charge in [0.2, 0.25) is 0 Å². The minimum Gasteiger partial charge on any atom is -0.396 e. The van der Waals surface area contributed by atoms with Crippen LogP contribution >= 0.6 is 11.6 Å². The lowest BCUT2D eigenvalue weighted by atomic mass is 10.1. The molecule has 0 amide bonds. The van der Waals surface area contributed by atoms with Crippen LogP contribution < -0.4 is 4.90 Å². The zero-order valence-electron chi connectivity index (χ0n) is 14.0. The Hall–Kier alpha value is -1.63. The average molecular weight is 381 g/mol.